The van der Waals surface area contributed by atoms with E-state index >= 15 is 0 Å². The minimum Gasteiger partial charge on any atom is -0.497 e. The number of likely N-dealkylation sites (N-methyl/N-ethyl adjacent to an activating group) is 1. The molecule has 2 N–H and O–H groups in total. The molecule has 0 bridgehead atoms. The Kier molecular flexibility index (Phi) is 5.35. The summed E-state index contributed by atoms with van der Waals surface area (Å²) in [5.74, 6) is 0.629. The van der Waals surface area contributed by atoms with Crippen LogP contribution in [0.5, 0.6) is 5.75 Å². The summed E-state index contributed by atoms with van der Waals surface area (Å²) >= 11 is 0. The lowest BCUT2D eigenvalue weighted by Gasteiger charge is -2.18. The number of carbonyl (C=O) groups excluding carboxylic acids is 1. The number of ether oxygens (including phenoxy) is 1. The lowest BCUT2D eigenvalue weighted by Crippen LogP contribution is -2.32. The summed E-state index contributed by atoms with van der Waals surface area (Å²) in [4.78, 5) is 12.5. The molecule has 2 aromatic rings. The molecule has 0 saturated carbocycles. The number of benzene rings is 2. The van der Waals surface area contributed by atoms with Gasteiger partial charge in [-0.15, -0.1) is 0 Å². The molecule has 0 aliphatic carbocycles. The van der Waals surface area contributed by atoms with Crippen molar-refractivity contribution in [3.63, 3.8) is 0 Å². The van der Waals surface area contributed by atoms with Gasteiger partial charge in [-0.3, -0.25) is 4.79 Å². The summed E-state index contributed by atoms with van der Waals surface area (Å²) in [6.45, 7) is 2.69. The zero-order chi connectivity index (χ0) is 15.1. The fourth-order valence-corrected chi connectivity index (χ4v) is 2.13. The quantitative estimate of drug-likeness (QED) is 0.857. The molecule has 1 atom stereocenters. The van der Waals surface area contributed by atoms with Crippen LogP contribution in [-0.4, -0.2) is 19.6 Å². The highest BCUT2D eigenvalue weighted by atomic mass is 16.5. The number of methoxy groups -OCH3 is 1. The van der Waals surface area contributed by atoms with E-state index in [0.29, 0.717) is 12.3 Å². The van der Waals surface area contributed by atoms with E-state index in [9.17, 15) is 4.79 Å². The zero-order valence-electron chi connectivity index (χ0n) is 12.3. The molecule has 4 nitrogen and oxygen atoms in total. The Morgan fingerprint density at radius 3 is 2.57 bits per heavy atom. The lowest BCUT2D eigenvalue weighted by molar-refractivity contribution is -0.118. The number of hydrogen-bond donors (Lipinski definition) is 2. The molecule has 0 fully saturated rings. The van der Waals surface area contributed by atoms with Gasteiger partial charge in [0.05, 0.1) is 7.11 Å². The molecule has 2 rings (SSSR count). The van der Waals surface area contributed by atoms with Gasteiger partial charge in [-0.05, 0) is 24.2 Å². The van der Waals surface area contributed by atoms with Crippen LogP contribution in [0.1, 0.15) is 18.5 Å². The van der Waals surface area contributed by atoms with Crippen LogP contribution < -0.4 is 15.4 Å². The average Bonchev–Trinajstić information content (AvgIpc) is 2.53. The van der Waals surface area contributed by atoms with Crippen molar-refractivity contribution in [2.24, 2.45) is 0 Å². The number of nitrogens with one attached hydrogen (secondary N) is 2. The van der Waals surface area contributed by atoms with Crippen LogP contribution in [-0.2, 0) is 4.79 Å². The molecule has 0 aliphatic heterocycles. The molecule has 0 aromatic heterocycles. The van der Waals surface area contributed by atoms with Crippen molar-refractivity contribution < 1.29 is 9.53 Å². The van der Waals surface area contributed by atoms with E-state index in [1.807, 2.05) is 55.5 Å². The molecule has 0 heterocycles. The minimum absolute atomic E-state index is 0.0868. The van der Waals surface area contributed by atoms with Gasteiger partial charge in [0.2, 0.25) is 5.91 Å². The maximum Gasteiger partial charge on any atom is 0.246 e. The van der Waals surface area contributed by atoms with Crippen molar-refractivity contribution in [3.05, 3.63) is 60.2 Å². The van der Waals surface area contributed by atoms with E-state index in [0.717, 1.165) is 11.3 Å². The van der Waals surface area contributed by atoms with E-state index in [1.165, 1.54) is 0 Å². The van der Waals surface area contributed by atoms with Crippen LogP contribution in [0, 0.1) is 0 Å². The SMILES string of the molecule is CCN[C@H](C(=O)Nc1cccc(OC)c1)c1ccccc1. The minimum atomic E-state index is -0.373. The van der Waals surface area contributed by atoms with Gasteiger partial charge in [-0.1, -0.05) is 43.3 Å². The number of carbonyl (C=O) groups is 1. The number of hydrogen-bond acceptors (Lipinski definition) is 3. The maximum atomic E-state index is 12.5. The van der Waals surface area contributed by atoms with Gasteiger partial charge in [-0.25, -0.2) is 0 Å². The monoisotopic (exact) mass is 284 g/mol. The van der Waals surface area contributed by atoms with Crippen LogP contribution in [0.4, 0.5) is 5.69 Å². The molecular formula is C17H20N2O2. The Morgan fingerprint density at radius 2 is 1.90 bits per heavy atom. The third-order valence-corrected chi connectivity index (χ3v) is 3.14. The molecule has 2 aromatic carbocycles. The number of amides is 1. The highest BCUT2D eigenvalue weighted by molar-refractivity contribution is 5.95. The summed E-state index contributed by atoms with van der Waals surface area (Å²) in [5, 5.41) is 6.12. The van der Waals surface area contributed by atoms with Crippen molar-refractivity contribution in [1.82, 2.24) is 5.32 Å². The predicted octanol–water partition coefficient (Wildman–Crippen LogP) is 2.98. The summed E-state index contributed by atoms with van der Waals surface area (Å²) in [5.41, 5.74) is 1.66. The highest BCUT2D eigenvalue weighted by Gasteiger charge is 2.19. The van der Waals surface area contributed by atoms with Crippen molar-refractivity contribution in [1.29, 1.82) is 0 Å². The first kappa shape index (κ1) is 15.1. The van der Waals surface area contributed by atoms with Crippen LogP contribution in [0.25, 0.3) is 0 Å². The molecular weight excluding hydrogens is 264 g/mol. The second-order valence-corrected chi connectivity index (χ2v) is 4.62. The summed E-state index contributed by atoms with van der Waals surface area (Å²) in [6, 6.07) is 16.6. The van der Waals surface area contributed by atoms with E-state index in [2.05, 4.69) is 10.6 Å². The first-order chi connectivity index (χ1) is 10.2. The summed E-state index contributed by atoms with van der Waals surface area (Å²) in [6.07, 6.45) is 0. The van der Waals surface area contributed by atoms with Gasteiger partial charge >= 0.3 is 0 Å². The fraction of sp³-hybridized carbons (Fsp3) is 0.235. The predicted molar refractivity (Wildman–Crippen MR) is 84.5 cm³/mol. The largest absolute Gasteiger partial charge is 0.497 e. The number of anilines is 1. The number of rotatable bonds is 6. The Bertz CT molecular complexity index is 584. The van der Waals surface area contributed by atoms with E-state index in [-0.39, 0.29) is 11.9 Å². The van der Waals surface area contributed by atoms with Crippen molar-refractivity contribution in [2.75, 3.05) is 19.0 Å². The molecule has 0 spiro atoms. The molecule has 4 heteroatoms. The van der Waals surface area contributed by atoms with Crippen LogP contribution in [0.3, 0.4) is 0 Å². The third kappa shape index (κ3) is 4.07. The topological polar surface area (TPSA) is 50.4 Å². The van der Waals surface area contributed by atoms with Crippen LogP contribution in [0.2, 0.25) is 0 Å². The molecule has 0 saturated heterocycles. The van der Waals surface area contributed by atoms with E-state index in [4.69, 9.17) is 4.74 Å². The van der Waals surface area contributed by atoms with E-state index in [1.54, 1.807) is 13.2 Å². The van der Waals surface area contributed by atoms with Crippen molar-refractivity contribution in [2.45, 2.75) is 13.0 Å². The average molecular weight is 284 g/mol. The highest BCUT2D eigenvalue weighted by Crippen LogP contribution is 2.19. The van der Waals surface area contributed by atoms with Crippen LogP contribution in [0.15, 0.2) is 54.6 Å². The summed E-state index contributed by atoms with van der Waals surface area (Å²) < 4.78 is 5.16. The van der Waals surface area contributed by atoms with Gasteiger partial charge in [0, 0.05) is 11.8 Å². The Hall–Kier alpha value is -2.33. The third-order valence-electron chi connectivity index (χ3n) is 3.14. The van der Waals surface area contributed by atoms with Gasteiger partial charge < -0.3 is 15.4 Å². The van der Waals surface area contributed by atoms with Gasteiger partial charge in [0.25, 0.3) is 0 Å². The molecule has 1 amide bonds. The lowest BCUT2D eigenvalue weighted by atomic mass is 10.1. The molecule has 0 unspecified atom stereocenters. The van der Waals surface area contributed by atoms with Crippen LogP contribution >= 0.6 is 0 Å². The standard InChI is InChI=1S/C17H20N2O2/c1-3-18-16(13-8-5-4-6-9-13)17(20)19-14-10-7-11-15(12-14)21-2/h4-12,16,18H,3H2,1-2H3,(H,19,20)/t16-/m0/s1. The van der Waals surface area contributed by atoms with E-state index < -0.39 is 0 Å². The van der Waals surface area contributed by atoms with Gasteiger partial charge in [0.1, 0.15) is 11.8 Å². The second kappa shape index (κ2) is 7.45. The fourth-order valence-electron chi connectivity index (χ4n) is 2.13. The Morgan fingerprint density at radius 1 is 1.14 bits per heavy atom. The Balaban J connectivity index is 2.15. The first-order valence-electron chi connectivity index (χ1n) is 6.98. The first-order valence-corrected chi connectivity index (χ1v) is 6.98. The Labute approximate surface area is 125 Å². The van der Waals surface area contributed by atoms with Gasteiger partial charge in [-0.2, -0.15) is 0 Å². The second-order valence-electron chi connectivity index (χ2n) is 4.62. The zero-order valence-corrected chi connectivity index (χ0v) is 12.3. The van der Waals surface area contributed by atoms with Gasteiger partial charge in [0.15, 0.2) is 0 Å². The summed E-state index contributed by atoms with van der Waals surface area (Å²) in [7, 11) is 1.60. The molecule has 0 aliphatic rings. The molecule has 0 radical (unpaired) electrons. The smallest absolute Gasteiger partial charge is 0.246 e. The maximum absolute atomic E-state index is 12.5. The van der Waals surface area contributed by atoms with Crippen molar-refractivity contribution >= 4 is 11.6 Å². The molecule has 110 valence electrons. The molecule has 21 heavy (non-hydrogen) atoms. The normalized spacial score (nSPS) is 11.7. The van der Waals surface area contributed by atoms with Crippen molar-refractivity contribution in [3.8, 4) is 5.75 Å².